The average molecular weight is 328 g/mol. The van der Waals surface area contributed by atoms with Gasteiger partial charge in [-0.25, -0.2) is 9.18 Å². The van der Waals surface area contributed by atoms with E-state index in [1.54, 1.807) is 12.1 Å². The smallest absolute Gasteiger partial charge is 0.319 e. The highest BCUT2D eigenvalue weighted by Crippen LogP contribution is 2.40. The van der Waals surface area contributed by atoms with Crippen LogP contribution in [-0.4, -0.2) is 21.9 Å². The first-order chi connectivity index (χ1) is 11.6. The second-order valence-electron chi connectivity index (χ2n) is 5.88. The minimum atomic E-state index is -0.380. The lowest BCUT2D eigenvalue weighted by atomic mass is 10.0. The lowest BCUT2D eigenvalue weighted by molar-refractivity contribution is 0.250. The zero-order valence-electron chi connectivity index (χ0n) is 13.2. The van der Waals surface area contributed by atoms with Crippen molar-refractivity contribution in [1.29, 1.82) is 0 Å². The van der Waals surface area contributed by atoms with Crippen molar-refractivity contribution in [1.82, 2.24) is 14.7 Å². The Kier molecular flexibility index (Phi) is 3.37. The number of nitrogens with zero attached hydrogens (tertiary/aromatic N) is 2. The first-order valence-electron chi connectivity index (χ1n) is 7.77. The maximum atomic E-state index is 13.2. The van der Waals surface area contributed by atoms with Crippen molar-refractivity contribution in [3.8, 4) is 11.3 Å². The van der Waals surface area contributed by atoms with Crippen molar-refractivity contribution in [3.05, 3.63) is 66.1 Å². The fourth-order valence-electron chi connectivity index (χ4n) is 3.27. The molecular formula is C18H21FN4O. The van der Waals surface area contributed by atoms with E-state index in [4.69, 9.17) is 0 Å². The molecule has 24 heavy (non-hydrogen) atoms. The third kappa shape index (κ3) is 2.36. The Morgan fingerprint density at radius 2 is 2.08 bits per heavy atom. The van der Waals surface area contributed by atoms with Crippen molar-refractivity contribution in [2.75, 3.05) is 11.9 Å². The Labute approximate surface area is 141 Å². The average Bonchev–Trinajstić information content (AvgIpc) is 2.81. The number of anilines is 1. The Balaban J connectivity index is 0.00000121. The molecule has 0 fully saturated rings. The third-order valence-corrected chi connectivity index (χ3v) is 4.33. The molecule has 0 bridgehead atoms. The topological polar surface area (TPSA) is 51.0 Å². The first-order valence-corrected chi connectivity index (χ1v) is 7.77. The summed E-state index contributed by atoms with van der Waals surface area (Å²) in [6.07, 6.45) is 2.08. The summed E-state index contributed by atoms with van der Waals surface area (Å²) in [5, 5.41) is 5.52. The molecular weight excluding hydrogens is 307 g/mol. The molecule has 5 nitrogen and oxygen atoms in total. The molecule has 2 aromatic carbocycles. The molecule has 1 aromatic heterocycles. The number of benzene rings is 2. The van der Waals surface area contributed by atoms with E-state index < -0.39 is 0 Å². The molecule has 0 spiro atoms. The van der Waals surface area contributed by atoms with Crippen molar-refractivity contribution in [3.63, 3.8) is 0 Å². The number of hydrogen-bond acceptors (Lipinski definition) is 1. The molecule has 1 aliphatic rings. The fraction of sp³-hybridized carbons (Fsp3) is 0.167. The number of halogens is 1. The molecule has 0 saturated heterocycles. The van der Waals surface area contributed by atoms with Gasteiger partial charge in [-0.3, -0.25) is 9.36 Å². The van der Waals surface area contributed by atoms with E-state index in [1.165, 1.54) is 29.0 Å². The summed E-state index contributed by atoms with van der Waals surface area (Å²) in [4.78, 5) is 12.1. The van der Waals surface area contributed by atoms with Gasteiger partial charge in [0.1, 0.15) is 5.82 Å². The summed E-state index contributed by atoms with van der Waals surface area (Å²) in [6, 6.07) is 13.7. The van der Waals surface area contributed by atoms with Gasteiger partial charge in [0.2, 0.25) is 0 Å². The summed E-state index contributed by atoms with van der Waals surface area (Å²) in [7, 11) is 1.98. The van der Waals surface area contributed by atoms with Gasteiger partial charge in [-0.1, -0.05) is 30.3 Å². The van der Waals surface area contributed by atoms with Crippen LogP contribution in [0.5, 0.6) is 0 Å². The Hall–Kier alpha value is -3.02. The monoisotopic (exact) mass is 328 g/mol. The third-order valence-electron chi connectivity index (χ3n) is 4.33. The zero-order chi connectivity index (χ0) is 16.7. The van der Waals surface area contributed by atoms with E-state index in [2.05, 4.69) is 33.6 Å². The van der Waals surface area contributed by atoms with E-state index in [0.717, 1.165) is 0 Å². The van der Waals surface area contributed by atoms with Gasteiger partial charge in [0.25, 0.3) is 0 Å². The van der Waals surface area contributed by atoms with Crippen LogP contribution >= 0.6 is 0 Å². The Morgan fingerprint density at radius 3 is 2.88 bits per heavy atom. The summed E-state index contributed by atoms with van der Waals surface area (Å²) in [6.45, 7) is 0.458. The molecule has 126 valence electrons. The van der Waals surface area contributed by atoms with Crippen molar-refractivity contribution >= 4 is 11.7 Å². The highest BCUT2D eigenvalue weighted by molar-refractivity contribution is 5.89. The normalized spacial score (nSPS) is 15.0. The first kappa shape index (κ1) is 14.6. The molecule has 0 saturated carbocycles. The molecule has 3 aromatic rings. The summed E-state index contributed by atoms with van der Waals surface area (Å²) < 4.78 is 17.3. The number of nitrogens with one attached hydrogen (secondary N) is 2. The SMILES string of the molecule is Cn1cc2n1C(CNC(=O)Nc1cccc(F)c1)c1ccccc1-2.[HH].[HH]. The largest absolute Gasteiger partial charge is 0.335 e. The van der Waals surface area contributed by atoms with Crippen LogP contribution in [0.3, 0.4) is 0 Å². The molecule has 1 atom stereocenters. The van der Waals surface area contributed by atoms with Gasteiger partial charge in [-0.05, 0) is 23.8 Å². The highest BCUT2D eigenvalue weighted by atomic mass is 19.1. The zero-order valence-corrected chi connectivity index (χ0v) is 13.2. The van der Waals surface area contributed by atoms with Crippen LogP contribution in [0.2, 0.25) is 0 Å². The van der Waals surface area contributed by atoms with E-state index in [0.29, 0.717) is 12.2 Å². The van der Waals surface area contributed by atoms with Crippen molar-refractivity contribution in [2.45, 2.75) is 6.04 Å². The van der Waals surface area contributed by atoms with Gasteiger partial charge in [0.15, 0.2) is 0 Å². The number of urea groups is 1. The predicted octanol–water partition coefficient (Wildman–Crippen LogP) is 3.85. The van der Waals surface area contributed by atoms with Crippen LogP contribution in [0.4, 0.5) is 14.9 Å². The van der Waals surface area contributed by atoms with Crippen molar-refractivity contribution in [2.24, 2.45) is 7.05 Å². The van der Waals surface area contributed by atoms with Gasteiger partial charge in [-0.15, -0.1) is 0 Å². The van der Waals surface area contributed by atoms with Gasteiger partial charge < -0.3 is 10.6 Å². The number of carbonyl (C=O) groups excluding carboxylic acids is 1. The lowest BCUT2D eigenvalue weighted by Crippen LogP contribution is -2.35. The molecule has 2 amide bonds. The van der Waals surface area contributed by atoms with Crippen molar-refractivity contribution < 1.29 is 12.0 Å². The number of amides is 2. The van der Waals surface area contributed by atoms with Gasteiger partial charge >= 0.3 is 6.03 Å². The Morgan fingerprint density at radius 1 is 1.25 bits per heavy atom. The van der Waals surface area contributed by atoms with E-state index in [9.17, 15) is 9.18 Å². The number of hydrogen-bond donors (Lipinski definition) is 2. The Bertz CT molecular complexity index is 922. The molecule has 2 N–H and O–H groups in total. The van der Waals surface area contributed by atoms with E-state index in [1.807, 2.05) is 23.9 Å². The van der Waals surface area contributed by atoms with Crippen LogP contribution in [0.15, 0.2) is 54.7 Å². The second-order valence-corrected chi connectivity index (χ2v) is 5.88. The van der Waals surface area contributed by atoms with Crippen LogP contribution < -0.4 is 10.6 Å². The number of aryl methyl sites for hydroxylation is 1. The number of fused-ring (bicyclic) bond motifs is 3. The minimum absolute atomic E-state index is 0. The quantitative estimate of drug-likeness (QED) is 0.754. The number of carbonyl (C=O) groups is 1. The molecule has 4 rings (SSSR count). The second kappa shape index (κ2) is 5.56. The summed E-state index contributed by atoms with van der Waals surface area (Å²) >= 11 is 0. The number of aromatic nitrogens is 2. The van der Waals surface area contributed by atoms with Crippen LogP contribution in [0, 0.1) is 5.82 Å². The van der Waals surface area contributed by atoms with Gasteiger partial charge in [0.05, 0.1) is 11.7 Å². The van der Waals surface area contributed by atoms with Gasteiger partial charge in [0, 0.05) is 33.9 Å². The molecule has 2 heterocycles. The fourth-order valence-corrected chi connectivity index (χ4v) is 3.27. The summed E-state index contributed by atoms with van der Waals surface area (Å²) in [5.41, 5.74) is 4.00. The molecule has 6 heteroatoms. The standard InChI is InChI=1S/C18H17FN4O.2H2/c1-22-11-17-15-8-3-2-7-14(15)16(23(17)22)10-20-18(24)21-13-6-4-5-12(19)9-13;;/h2-9,11,16H,10H2,1H3,(H2,20,21,24);2*1H. The van der Waals surface area contributed by atoms with Gasteiger partial charge in [-0.2, -0.15) is 0 Å². The predicted molar refractivity (Wildman–Crippen MR) is 94.6 cm³/mol. The number of rotatable bonds is 3. The van der Waals surface area contributed by atoms with Crippen LogP contribution in [0.1, 0.15) is 14.5 Å². The minimum Gasteiger partial charge on any atom is -0.335 e. The maximum absolute atomic E-state index is 13.2. The molecule has 1 unspecified atom stereocenters. The summed E-state index contributed by atoms with van der Waals surface area (Å²) in [5.74, 6) is -0.380. The molecule has 1 aliphatic heterocycles. The molecule has 0 radical (unpaired) electrons. The maximum Gasteiger partial charge on any atom is 0.319 e. The lowest BCUT2D eigenvalue weighted by Gasteiger charge is -2.24. The van der Waals surface area contributed by atoms with E-state index >= 15 is 0 Å². The van der Waals surface area contributed by atoms with Crippen LogP contribution in [0.25, 0.3) is 11.3 Å². The molecule has 0 aliphatic carbocycles. The highest BCUT2D eigenvalue weighted by Gasteiger charge is 2.31. The van der Waals surface area contributed by atoms with Crippen LogP contribution in [-0.2, 0) is 7.05 Å². The van der Waals surface area contributed by atoms with E-state index in [-0.39, 0.29) is 20.7 Å².